The summed E-state index contributed by atoms with van der Waals surface area (Å²) in [4.78, 5) is 0. The number of hydrogen-bond donors (Lipinski definition) is 2. The Morgan fingerprint density at radius 2 is 1.90 bits per heavy atom. The third kappa shape index (κ3) is 4.59. The average Bonchev–Trinajstić information content (AvgIpc) is 2.48. The van der Waals surface area contributed by atoms with Crippen LogP contribution < -0.4 is 10.1 Å². The fourth-order valence-corrected chi connectivity index (χ4v) is 2.02. The molecule has 0 saturated heterocycles. The van der Waals surface area contributed by atoms with Gasteiger partial charge in [0.05, 0.1) is 6.61 Å². The Hall–Kier alpha value is -1.84. The maximum atomic E-state index is 9.18. The second-order valence-electron chi connectivity index (χ2n) is 5.54. The van der Waals surface area contributed by atoms with Gasteiger partial charge in [-0.3, -0.25) is 0 Å². The van der Waals surface area contributed by atoms with E-state index >= 15 is 0 Å². The topological polar surface area (TPSA) is 41.5 Å². The lowest BCUT2D eigenvalue weighted by molar-refractivity contribution is 0.281. The van der Waals surface area contributed by atoms with Crippen molar-refractivity contribution in [2.45, 2.75) is 40.0 Å². The largest absolute Gasteiger partial charge is 0.457 e. The van der Waals surface area contributed by atoms with Crippen LogP contribution in [-0.4, -0.2) is 11.1 Å². The van der Waals surface area contributed by atoms with Crippen LogP contribution in [0.15, 0.2) is 42.5 Å². The summed E-state index contributed by atoms with van der Waals surface area (Å²) in [7, 11) is 0. The number of ether oxygens (including phenoxy) is 1. The molecule has 0 aliphatic rings. The molecular formula is C18H23NO2. The number of hydrogen-bond acceptors (Lipinski definition) is 3. The standard InChI is InChI=1S/C18H23NO2/c1-13(2)19-11-15-8-7-14(3)18(10-15)21-17-6-4-5-16(9-17)12-20/h4-10,13,19-20H,11-12H2,1-3H3. The van der Waals surface area contributed by atoms with Crippen LogP contribution in [0, 0.1) is 6.92 Å². The van der Waals surface area contributed by atoms with E-state index in [1.165, 1.54) is 5.56 Å². The van der Waals surface area contributed by atoms with E-state index in [9.17, 15) is 5.11 Å². The summed E-state index contributed by atoms with van der Waals surface area (Å²) in [5.74, 6) is 1.60. The second kappa shape index (κ2) is 7.25. The molecule has 0 saturated carbocycles. The van der Waals surface area contributed by atoms with Gasteiger partial charge in [-0.2, -0.15) is 0 Å². The fourth-order valence-electron chi connectivity index (χ4n) is 2.02. The van der Waals surface area contributed by atoms with E-state index in [-0.39, 0.29) is 6.61 Å². The van der Waals surface area contributed by atoms with Gasteiger partial charge in [0.2, 0.25) is 0 Å². The maximum absolute atomic E-state index is 9.18. The molecule has 2 rings (SSSR count). The van der Waals surface area contributed by atoms with Crippen molar-refractivity contribution >= 4 is 0 Å². The monoisotopic (exact) mass is 285 g/mol. The lowest BCUT2D eigenvalue weighted by Gasteiger charge is -2.13. The molecule has 0 heterocycles. The Morgan fingerprint density at radius 3 is 2.62 bits per heavy atom. The fraction of sp³-hybridized carbons (Fsp3) is 0.333. The highest BCUT2D eigenvalue weighted by Gasteiger charge is 2.05. The minimum Gasteiger partial charge on any atom is -0.457 e. The van der Waals surface area contributed by atoms with E-state index in [0.717, 1.165) is 29.2 Å². The van der Waals surface area contributed by atoms with Crippen molar-refractivity contribution in [1.29, 1.82) is 0 Å². The van der Waals surface area contributed by atoms with Crippen molar-refractivity contribution in [3.63, 3.8) is 0 Å². The van der Waals surface area contributed by atoms with Crippen LogP contribution in [0.1, 0.15) is 30.5 Å². The number of rotatable bonds is 6. The molecule has 0 unspecified atom stereocenters. The Morgan fingerprint density at radius 1 is 1.10 bits per heavy atom. The molecule has 3 nitrogen and oxygen atoms in total. The lowest BCUT2D eigenvalue weighted by atomic mass is 10.1. The Kier molecular flexibility index (Phi) is 5.37. The van der Waals surface area contributed by atoms with E-state index in [1.807, 2.05) is 31.2 Å². The van der Waals surface area contributed by atoms with E-state index < -0.39 is 0 Å². The molecule has 0 aliphatic heterocycles. The molecule has 0 atom stereocenters. The summed E-state index contributed by atoms with van der Waals surface area (Å²) in [6.45, 7) is 7.14. The molecule has 0 fully saturated rings. The normalized spacial score (nSPS) is 10.9. The van der Waals surface area contributed by atoms with Crippen molar-refractivity contribution in [3.8, 4) is 11.5 Å². The molecule has 0 amide bonds. The highest BCUT2D eigenvalue weighted by molar-refractivity contribution is 5.41. The molecule has 2 N–H and O–H groups in total. The van der Waals surface area contributed by atoms with E-state index in [1.54, 1.807) is 0 Å². The molecule has 0 aromatic heterocycles. The summed E-state index contributed by atoms with van der Waals surface area (Å²) in [6, 6.07) is 14.2. The van der Waals surface area contributed by atoms with Crippen LogP contribution in [0.3, 0.4) is 0 Å². The van der Waals surface area contributed by atoms with E-state index in [0.29, 0.717) is 6.04 Å². The van der Waals surface area contributed by atoms with E-state index in [2.05, 4.69) is 37.4 Å². The first-order chi connectivity index (χ1) is 10.1. The predicted octanol–water partition coefficient (Wildman–Crippen LogP) is 3.78. The van der Waals surface area contributed by atoms with Crippen molar-refractivity contribution in [2.24, 2.45) is 0 Å². The number of aryl methyl sites for hydroxylation is 1. The maximum Gasteiger partial charge on any atom is 0.130 e. The van der Waals surface area contributed by atoms with Crippen molar-refractivity contribution in [1.82, 2.24) is 5.32 Å². The quantitative estimate of drug-likeness (QED) is 0.848. The first-order valence-electron chi connectivity index (χ1n) is 7.29. The van der Waals surface area contributed by atoms with Crippen molar-refractivity contribution in [3.05, 3.63) is 59.2 Å². The molecule has 0 aliphatic carbocycles. The van der Waals surface area contributed by atoms with Crippen LogP contribution in [0.2, 0.25) is 0 Å². The number of aliphatic hydroxyl groups excluding tert-OH is 1. The zero-order valence-corrected chi connectivity index (χ0v) is 12.9. The summed E-state index contributed by atoms with van der Waals surface area (Å²) >= 11 is 0. The average molecular weight is 285 g/mol. The van der Waals surface area contributed by atoms with Crippen LogP contribution in [0.5, 0.6) is 11.5 Å². The number of benzene rings is 2. The Balaban J connectivity index is 2.16. The van der Waals surface area contributed by atoms with Gasteiger partial charge < -0.3 is 15.2 Å². The zero-order valence-electron chi connectivity index (χ0n) is 12.9. The minimum absolute atomic E-state index is 0.0224. The van der Waals surface area contributed by atoms with Gasteiger partial charge in [-0.05, 0) is 41.8 Å². The summed E-state index contributed by atoms with van der Waals surface area (Å²) < 4.78 is 5.96. The van der Waals surface area contributed by atoms with Crippen molar-refractivity contribution < 1.29 is 9.84 Å². The zero-order chi connectivity index (χ0) is 15.2. The molecule has 2 aromatic carbocycles. The summed E-state index contributed by atoms with van der Waals surface area (Å²) in [6.07, 6.45) is 0. The van der Waals surface area contributed by atoms with Gasteiger partial charge in [0.25, 0.3) is 0 Å². The highest BCUT2D eigenvalue weighted by Crippen LogP contribution is 2.26. The van der Waals surface area contributed by atoms with Gasteiger partial charge in [-0.15, -0.1) is 0 Å². The predicted molar refractivity (Wildman–Crippen MR) is 85.6 cm³/mol. The smallest absolute Gasteiger partial charge is 0.130 e. The van der Waals surface area contributed by atoms with Gasteiger partial charge in [0.15, 0.2) is 0 Å². The summed E-state index contributed by atoms with van der Waals surface area (Å²) in [5.41, 5.74) is 3.14. The molecule has 0 bridgehead atoms. The summed E-state index contributed by atoms with van der Waals surface area (Å²) in [5, 5.41) is 12.6. The first-order valence-corrected chi connectivity index (χ1v) is 7.29. The molecule has 0 radical (unpaired) electrons. The highest BCUT2D eigenvalue weighted by atomic mass is 16.5. The lowest BCUT2D eigenvalue weighted by Crippen LogP contribution is -2.21. The molecule has 2 aromatic rings. The third-order valence-electron chi connectivity index (χ3n) is 3.28. The SMILES string of the molecule is Cc1ccc(CNC(C)C)cc1Oc1cccc(CO)c1. The Labute approximate surface area is 126 Å². The molecule has 21 heavy (non-hydrogen) atoms. The molecule has 0 spiro atoms. The van der Waals surface area contributed by atoms with Crippen LogP contribution in [-0.2, 0) is 13.2 Å². The van der Waals surface area contributed by atoms with Gasteiger partial charge in [-0.1, -0.05) is 38.1 Å². The molecule has 112 valence electrons. The Bertz CT molecular complexity index is 594. The van der Waals surface area contributed by atoms with Gasteiger partial charge in [0, 0.05) is 12.6 Å². The minimum atomic E-state index is 0.0224. The second-order valence-corrected chi connectivity index (χ2v) is 5.54. The van der Waals surface area contributed by atoms with Gasteiger partial charge in [-0.25, -0.2) is 0 Å². The van der Waals surface area contributed by atoms with Crippen LogP contribution in [0.25, 0.3) is 0 Å². The first kappa shape index (κ1) is 15.5. The van der Waals surface area contributed by atoms with Crippen molar-refractivity contribution in [2.75, 3.05) is 0 Å². The van der Waals surface area contributed by atoms with Crippen LogP contribution in [0.4, 0.5) is 0 Å². The molecule has 3 heteroatoms. The van der Waals surface area contributed by atoms with Crippen LogP contribution >= 0.6 is 0 Å². The number of nitrogens with one attached hydrogen (secondary N) is 1. The third-order valence-corrected chi connectivity index (χ3v) is 3.28. The van der Waals surface area contributed by atoms with Gasteiger partial charge in [0.1, 0.15) is 11.5 Å². The molecular weight excluding hydrogens is 262 g/mol. The van der Waals surface area contributed by atoms with E-state index in [4.69, 9.17) is 4.74 Å². The number of aliphatic hydroxyl groups is 1. The van der Waals surface area contributed by atoms with Gasteiger partial charge >= 0.3 is 0 Å².